The van der Waals surface area contributed by atoms with Gasteiger partial charge in [-0.2, -0.15) is 5.10 Å². The summed E-state index contributed by atoms with van der Waals surface area (Å²) in [5, 5.41) is 5.00. The van der Waals surface area contributed by atoms with Gasteiger partial charge in [-0.25, -0.2) is 19.0 Å². The zero-order chi connectivity index (χ0) is 15.6. The highest BCUT2D eigenvalue weighted by Crippen LogP contribution is 2.27. The van der Waals surface area contributed by atoms with Gasteiger partial charge in [0, 0.05) is 6.07 Å². The minimum Gasteiger partial charge on any atom is -0.438 e. The van der Waals surface area contributed by atoms with E-state index < -0.39 is 0 Å². The Kier molecular flexibility index (Phi) is 3.20. The quantitative estimate of drug-likeness (QED) is 0.578. The summed E-state index contributed by atoms with van der Waals surface area (Å²) >= 11 is 0. The maximum atomic E-state index is 13.3. The highest BCUT2D eigenvalue weighted by molar-refractivity contribution is 5.81. The van der Waals surface area contributed by atoms with Gasteiger partial charge in [-0.3, -0.25) is 0 Å². The first-order valence-electron chi connectivity index (χ1n) is 6.99. The van der Waals surface area contributed by atoms with Gasteiger partial charge in [0.25, 0.3) is 0 Å². The summed E-state index contributed by atoms with van der Waals surface area (Å²) in [5.74, 6) is 0.341. The molecule has 5 nitrogen and oxygen atoms in total. The van der Waals surface area contributed by atoms with Crippen LogP contribution in [-0.2, 0) is 0 Å². The summed E-state index contributed by atoms with van der Waals surface area (Å²) in [4.78, 5) is 8.40. The molecule has 112 valence electrons. The second-order valence-electron chi connectivity index (χ2n) is 4.87. The van der Waals surface area contributed by atoms with Crippen molar-refractivity contribution in [1.29, 1.82) is 0 Å². The molecule has 2 aromatic heterocycles. The van der Waals surface area contributed by atoms with Crippen LogP contribution in [0, 0.1) is 5.82 Å². The van der Waals surface area contributed by atoms with Crippen LogP contribution >= 0.6 is 0 Å². The van der Waals surface area contributed by atoms with Crippen molar-refractivity contribution in [2.24, 2.45) is 0 Å². The fourth-order valence-electron chi connectivity index (χ4n) is 2.30. The first kappa shape index (κ1) is 13.4. The minimum absolute atomic E-state index is 0.336. The third-order valence-corrected chi connectivity index (χ3v) is 3.34. The van der Waals surface area contributed by atoms with Gasteiger partial charge < -0.3 is 4.74 Å². The van der Waals surface area contributed by atoms with Crippen LogP contribution in [-0.4, -0.2) is 19.7 Å². The lowest BCUT2D eigenvalue weighted by atomic mass is 10.3. The smallest absolute Gasteiger partial charge is 0.233 e. The molecule has 2 heterocycles. The Balaban J connectivity index is 1.79. The molecule has 2 aromatic carbocycles. The average molecular weight is 306 g/mol. The second-order valence-corrected chi connectivity index (χ2v) is 4.87. The first-order valence-corrected chi connectivity index (χ1v) is 6.99. The molecule has 0 amide bonds. The topological polar surface area (TPSA) is 52.8 Å². The molecular formula is C17H11FN4O. The van der Waals surface area contributed by atoms with Gasteiger partial charge in [-0.15, -0.1) is 0 Å². The average Bonchev–Trinajstić information content (AvgIpc) is 3.01. The lowest BCUT2D eigenvalue weighted by molar-refractivity contribution is 0.463. The fourth-order valence-corrected chi connectivity index (χ4v) is 2.30. The molecule has 0 aliphatic rings. The number of nitrogens with zero attached hydrogens (tertiary/aromatic N) is 4. The van der Waals surface area contributed by atoms with E-state index in [9.17, 15) is 4.39 Å². The lowest BCUT2D eigenvalue weighted by Crippen LogP contribution is -1.98. The number of para-hydroxylation sites is 1. The van der Waals surface area contributed by atoms with Crippen molar-refractivity contribution in [3.05, 3.63) is 72.9 Å². The van der Waals surface area contributed by atoms with Crippen LogP contribution in [0.15, 0.2) is 67.1 Å². The van der Waals surface area contributed by atoms with Gasteiger partial charge in [0.1, 0.15) is 23.3 Å². The molecule has 4 aromatic rings. The van der Waals surface area contributed by atoms with Crippen LogP contribution in [0.2, 0.25) is 0 Å². The van der Waals surface area contributed by atoms with Crippen molar-refractivity contribution in [2.75, 3.05) is 0 Å². The molecule has 0 radical (unpaired) electrons. The molecule has 4 rings (SSSR count). The number of ether oxygens (including phenoxy) is 1. The van der Waals surface area contributed by atoms with Crippen LogP contribution in [0.5, 0.6) is 11.6 Å². The lowest BCUT2D eigenvalue weighted by Gasteiger charge is -2.06. The van der Waals surface area contributed by atoms with Crippen LogP contribution in [0.25, 0.3) is 16.7 Å². The zero-order valence-electron chi connectivity index (χ0n) is 11.9. The Morgan fingerprint density at radius 2 is 1.83 bits per heavy atom. The molecule has 0 spiro atoms. The summed E-state index contributed by atoms with van der Waals surface area (Å²) in [6.45, 7) is 0. The van der Waals surface area contributed by atoms with Crippen LogP contribution in [0.3, 0.4) is 0 Å². The van der Waals surface area contributed by atoms with Gasteiger partial charge in [0.05, 0.1) is 11.9 Å². The van der Waals surface area contributed by atoms with E-state index in [4.69, 9.17) is 4.74 Å². The number of hydrogen-bond donors (Lipinski definition) is 0. The molecule has 0 aliphatic heterocycles. The largest absolute Gasteiger partial charge is 0.438 e. The molecule has 6 heteroatoms. The predicted octanol–water partition coefficient (Wildman–Crippen LogP) is 3.75. The van der Waals surface area contributed by atoms with Crippen molar-refractivity contribution < 1.29 is 9.13 Å². The monoisotopic (exact) mass is 306 g/mol. The fraction of sp³-hybridized carbons (Fsp3) is 0. The van der Waals surface area contributed by atoms with E-state index in [-0.39, 0.29) is 5.82 Å². The SMILES string of the molecule is Fc1cccc(Oc2ncnc3c2cnn3-c2ccccc2)c1. The van der Waals surface area contributed by atoms with Crippen LogP contribution < -0.4 is 4.74 Å². The molecule has 0 saturated heterocycles. The third kappa shape index (κ3) is 2.50. The zero-order valence-corrected chi connectivity index (χ0v) is 11.9. The summed E-state index contributed by atoms with van der Waals surface area (Å²) < 4.78 is 20.7. The van der Waals surface area contributed by atoms with Crippen molar-refractivity contribution in [1.82, 2.24) is 19.7 Å². The standard InChI is InChI=1S/C17H11FN4O/c18-12-5-4-8-14(9-12)23-17-15-10-21-22(16(15)19-11-20-17)13-6-2-1-3-7-13/h1-11H. The summed E-state index contributed by atoms with van der Waals surface area (Å²) in [5.41, 5.74) is 1.51. The van der Waals surface area contributed by atoms with Crippen molar-refractivity contribution >= 4 is 11.0 Å². The second kappa shape index (κ2) is 5.49. The first-order chi connectivity index (χ1) is 11.3. The summed E-state index contributed by atoms with van der Waals surface area (Å²) in [6, 6.07) is 15.6. The molecular weight excluding hydrogens is 295 g/mol. The van der Waals surface area contributed by atoms with Crippen molar-refractivity contribution in [3.63, 3.8) is 0 Å². The Morgan fingerprint density at radius 1 is 0.957 bits per heavy atom. The molecule has 0 N–H and O–H groups in total. The van der Waals surface area contributed by atoms with Crippen molar-refractivity contribution in [3.8, 4) is 17.3 Å². The Labute approximate surface area is 131 Å². The summed E-state index contributed by atoms with van der Waals surface area (Å²) in [6.07, 6.45) is 3.04. The van der Waals surface area contributed by atoms with E-state index in [0.29, 0.717) is 22.7 Å². The van der Waals surface area contributed by atoms with Crippen LogP contribution in [0.4, 0.5) is 4.39 Å². The summed E-state index contributed by atoms with van der Waals surface area (Å²) in [7, 11) is 0. The van der Waals surface area contributed by atoms with Gasteiger partial charge in [0.15, 0.2) is 5.65 Å². The van der Waals surface area contributed by atoms with Crippen molar-refractivity contribution in [2.45, 2.75) is 0 Å². The number of aromatic nitrogens is 4. The molecule has 0 bridgehead atoms. The van der Waals surface area contributed by atoms with Gasteiger partial charge in [-0.1, -0.05) is 24.3 Å². The van der Waals surface area contributed by atoms with E-state index in [0.717, 1.165) is 5.69 Å². The normalized spacial score (nSPS) is 10.8. The molecule has 0 saturated carbocycles. The Hall–Kier alpha value is -3.28. The number of fused-ring (bicyclic) bond motifs is 1. The molecule has 0 atom stereocenters. The van der Waals surface area contributed by atoms with E-state index in [1.165, 1.54) is 18.5 Å². The minimum atomic E-state index is -0.368. The van der Waals surface area contributed by atoms with E-state index in [1.54, 1.807) is 23.0 Å². The number of hydrogen-bond acceptors (Lipinski definition) is 4. The van der Waals surface area contributed by atoms with Crippen LogP contribution in [0.1, 0.15) is 0 Å². The molecule has 23 heavy (non-hydrogen) atoms. The van der Waals surface area contributed by atoms with Gasteiger partial charge in [0.2, 0.25) is 5.88 Å². The Morgan fingerprint density at radius 3 is 2.65 bits per heavy atom. The third-order valence-electron chi connectivity index (χ3n) is 3.34. The Bertz CT molecular complexity index is 969. The van der Waals surface area contributed by atoms with E-state index >= 15 is 0 Å². The molecule has 0 unspecified atom stereocenters. The number of benzene rings is 2. The predicted molar refractivity (Wildman–Crippen MR) is 83.1 cm³/mol. The number of rotatable bonds is 3. The van der Waals surface area contributed by atoms with E-state index in [1.807, 2.05) is 30.3 Å². The highest BCUT2D eigenvalue weighted by Gasteiger charge is 2.12. The molecule has 0 aliphatic carbocycles. The highest BCUT2D eigenvalue weighted by atomic mass is 19.1. The number of halogens is 1. The van der Waals surface area contributed by atoms with Gasteiger partial charge >= 0.3 is 0 Å². The molecule has 0 fully saturated rings. The maximum absolute atomic E-state index is 13.3. The maximum Gasteiger partial charge on any atom is 0.233 e. The van der Waals surface area contributed by atoms with Gasteiger partial charge in [-0.05, 0) is 24.3 Å². The van der Waals surface area contributed by atoms with E-state index in [2.05, 4.69) is 15.1 Å².